The number of hydrogen-bond donors (Lipinski definition) is 1. The molecule has 0 amide bonds. The van der Waals surface area contributed by atoms with Crippen LogP contribution in [0, 0.1) is 0 Å². The van der Waals surface area contributed by atoms with Crippen molar-refractivity contribution in [1.29, 1.82) is 0 Å². The van der Waals surface area contributed by atoms with Crippen molar-refractivity contribution in [2.24, 2.45) is 5.16 Å². The van der Waals surface area contributed by atoms with Crippen LogP contribution in [0.2, 0.25) is 0 Å². The number of rotatable bonds is 2. The highest BCUT2D eigenvalue weighted by atomic mass is 16.6. The summed E-state index contributed by atoms with van der Waals surface area (Å²) < 4.78 is 5.41. The third-order valence-electron chi connectivity index (χ3n) is 2.77. The summed E-state index contributed by atoms with van der Waals surface area (Å²) in [6.07, 6.45) is 1.35. The molecular weight excluding hydrogens is 254 g/mol. The molecule has 0 spiro atoms. The van der Waals surface area contributed by atoms with Crippen LogP contribution in [0.25, 0.3) is 10.8 Å². The molecule has 0 saturated heterocycles. The van der Waals surface area contributed by atoms with Crippen LogP contribution in [-0.2, 0) is 4.74 Å². The molecule has 0 aliphatic rings. The van der Waals surface area contributed by atoms with Crippen LogP contribution in [0.3, 0.4) is 0 Å². The van der Waals surface area contributed by atoms with E-state index in [0.29, 0.717) is 5.56 Å². The van der Waals surface area contributed by atoms with E-state index >= 15 is 0 Å². The van der Waals surface area contributed by atoms with Crippen molar-refractivity contribution in [2.75, 3.05) is 0 Å². The molecule has 4 heteroatoms. The summed E-state index contributed by atoms with van der Waals surface area (Å²) in [5.41, 5.74) is 0.713. The van der Waals surface area contributed by atoms with Gasteiger partial charge in [0.15, 0.2) is 0 Å². The SMILES string of the molecule is CC(C)(C)OC(=O)c1cccc2c(/C=N/O)cccc12. The summed E-state index contributed by atoms with van der Waals surface area (Å²) in [6, 6.07) is 10.9. The molecule has 0 atom stereocenters. The Bertz CT molecular complexity index is 669. The monoisotopic (exact) mass is 271 g/mol. The van der Waals surface area contributed by atoms with E-state index in [4.69, 9.17) is 9.94 Å². The Kier molecular flexibility index (Phi) is 3.74. The molecule has 2 aromatic rings. The lowest BCUT2D eigenvalue weighted by atomic mass is 10.0. The van der Waals surface area contributed by atoms with Crippen LogP contribution in [0.15, 0.2) is 41.6 Å². The average Bonchev–Trinajstić information content (AvgIpc) is 2.37. The number of benzene rings is 2. The summed E-state index contributed by atoms with van der Waals surface area (Å²) in [7, 11) is 0. The van der Waals surface area contributed by atoms with Crippen molar-refractivity contribution in [3.8, 4) is 0 Å². The molecular formula is C16H17NO3. The normalized spacial score (nSPS) is 11.9. The third kappa shape index (κ3) is 2.96. The first-order valence-corrected chi connectivity index (χ1v) is 6.35. The standard InChI is InChI=1S/C16H17NO3/c1-16(2,3)20-15(18)14-9-5-7-12-11(10-17-19)6-4-8-13(12)14/h4-10,19H,1-3H3/b17-10+. The lowest BCUT2D eigenvalue weighted by Crippen LogP contribution is -2.24. The Balaban J connectivity index is 2.56. The fourth-order valence-electron chi connectivity index (χ4n) is 2.02. The predicted molar refractivity (Wildman–Crippen MR) is 78.5 cm³/mol. The van der Waals surface area contributed by atoms with Gasteiger partial charge in [0.05, 0.1) is 11.8 Å². The zero-order valence-corrected chi connectivity index (χ0v) is 11.8. The van der Waals surface area contributed by atoms with Gasteiger partial charge >= 0.3 is 5.97 Å². The van der Waals surface area contributed by atoms with Gasteiger partial charge in [-0.2, -0.15) is 0 Å². The number of hydrogen-bond acceptors (Lipinski definition) is 4. The van der Waals surface area contributed by atoms with Crippen LogP contribution >= 0.6 is 0 Å². The van der Waals surface area contributed by atoms with Crippen LogP contribution in [0.5, 0.6) is 0 Å². The molecule has 104 valence electrons. The second-order valence-corrected chi connectivity index (χ2v) is 5.49. The molecule has 0 unspecified atom stereocenters. The highest BCUT2D eigenvalue weighted by molar-refractivity contribution is 6.09. The Morgan fingerprint density at radius 3 is 2.45 bits per heavy atom. The van der Waals surface area contributed by atoms with Crippen molar-refractivity contribution >= 4 is 23.0 Å². The number of carbonyl (C=O) groups excluding carboxylic acids is 1. The molecule has 2 aromatic carbocycles. The highest BCUT2D eigenvalue weighted by Gasteiger charge is 2.19. The van der Waals surface area contributed by atoms with Crippen molar-refractivity contribution in [2.45, 2.75) is 26.4 Å². The summed E-state index contributed by atoms with van der Waals surface area (Å²) in [4.78, 5) is 12.2. The maximum Gasteiger partial charge on any atom is 0.339 e. The third-order valence-corrected chi connectivity index (χ3v) is 2.77. The molecule has 0 saturated carbocycles. The quantitative estimate of drug-likeness (QED) is 0.393. The number of oxime groups is 1. The van der Waals surface area contributed by atoms with Crippen molar-refractivity contribution in [3.05, 3.63) is 47.5 Å². The summed E-state index contributed by atoms with van der Waals surface area (Å²) in [5.74, 6) is -0.360. The predicted octanol–water partition coefficient (Wildman–Crippen LogP) is 3.60. The Morgan fingerprint density at radius 1 is 1.15 bits per heavy atom. The molecule has 0 heterocycles. The van der Waals surface area contributed by atoms with Crippen molar-refractivity contribution < 1.29 is 14.7 Å². The Morgan fingerprint density at radius 2 is 1.80 bits per heavy atom. The van der Waals surface area contributed by atoms with Crippen LogP contribution in [0.1, 0.15) is 36.7 Å². The minimum absolute atomic E-state index is 0.360. The van der Waals surface area contributed by atoms with Gasteiger partial charge in [0.2, 0.25) is 0 Å². The first-order valence-electron chi connectivity index (χ1n) is 6.35. The van der Waals surface area contributed by atoms with E-state index in [0.717, 1.165) is 16.3 Å². The van der Waals surface area contributed by atoms with Gasteiger partial charge in [0.1, 0.15) is 5.60 Å². The van der Waals surface area contributed by atoms with Crippen molar-refractivity contribution in [1.82, 2.24) is 0 Å². The van der Waals surface area contributed by atoms with E-state index in [9.17, 15) is 4.79 Å². The second-order valence-electron chi connectivity index (χ2n) is 5.49. The van der Waals surface area contributed by atoms with Gasteiger partial charge < -0.3 is 9.94 Å². The lowest BCUT2D eigenvalue weighted by Gasteiger charge is -2.20. The van der Waals surface area contributed by atoms with E-state index < -0.39 is 5.60 Å². The maximum atomic E-state index is 12.2. The summed E-state index contributed by atoms with van der Waals surface area (Å²) in [6.45, 7) is 5.50. The maximum absolute atomic E-state index is 12.2. The second kappa shape index (κ2) is 5.33. The Labute approximate surface area is 117 Å². The van der Waals surface area contributed by atoms with E-state index in [-0.39, 0.29) is 5.97 Å². The topological polar surface area (TPSA) is 58.9 Å². The van der Waals surface area contributed by atoms with E-state index in [1.54, 1.807) is 12.1 Å². The molecule has 20 heavy (non-hydrogen) atoms. The number of carbonyl (C=O) groups is 1. The number of fused-ring (bicyclic) bond motifs is 1. The minimum Gasteiger partial charge on any atom is -0.456 e. The van der Waals surface area contributed by atoms with Crippen LogP contribution < -0.4 is 0 Å². The van der Waals surface area contributed by atoms with Gasteiger partial charge in [-0.3, -0.25) is 0 Å². The molecule has 0 aliphatic heterocycles. The highest BCUT2D eigenvalue weighted by Crippen LogP contribution is 2.23. The largest absolute Gasteiger partial charge is 0.456 e. The molecule has 0 bridgehead atoms. The molecule has 0 aliphatic carbocycles. The fraction of sp³-hybridized carbons (Fsp3) is 0.250. The molecule has 2 rings (SSSR count). The fourth-order valence-corrected chi connectivity index (χ4v) is 2.02. The van der Waals surface area contributed by atoms with Crippen LogP contribution in [0.4, 0.5) is 0 Å². The van der Waals surface area contributed by atoms with E-state index in [1.807, 2.05) is 45.0 Å². The number of esters is 1. The molecule has 4 nitrogen and oxygen atoms in total. The van der Waals surface area contributed by atoms with Gasteiger partial charge in [-0.1, -0.05) is 35.5 Å². The average molecular weight is 271 g/mol. The molecule has 0 aromatic heterocycles. The molecule has 0 radical (unpaired) electrons. The van der Waals surface area contributed by atoms with Gasteiger partial charge in [-0.15, -0.1) is 0 Å². The summed E-state index contributed by atoms with van der Waals surface area (Å²) >= 11 is 0. The van der Waals surface area contributed by atoms with E-state index in [1.165, 1.54) is 6.21 Å². The number of ether oxygens (including phenoxy) is 1. The first-order chi connectivity index (χ1) is 9.42. The Hall–Kier alpha value is -2.36. The van der Waals surface area contributed by atoms with Crippen molar-refractivity contribution in [3.63, 3.8) is 0 Å². The summed E-state index contributed by atoms with van der Waals surface area (Å²) in [5, 5.41) is 13.4. The lowest BCUT2D eigenvalue weighted by molar-refractivity contribution is 0.00719. The van der Waals surface area contributed by atoms with Gasteiger partial charge in [0.25, 0.3) is 0 Å². The molecule has 1 N–H and O–H groups in total. The first kappa shape index (κ1) is 14.1. The van der Waals surface area contributed by atoms with E-state index in [2.05, 4.69) is 5.16 Å². The van der Waals surface area contributed by atoms with Gasteiger partial charge in [0, 0.05) is 5.56 Å². The minimum atomic E-state index is -0.538. The smallest absolute Gasteiger partial charge is 0.339 e. The van der Waals surface area contributed by atoms with Gasteiger partial charge in [-0.05, 0) is 37.6 Å². The zero-order chi connectivity index (χ0) is 14.8. The number of nitrogens with zero attached hydrogens (tertiary/aromatic N) is 1. The van der Waals surface area contributed by atoms with Gasteiger partial charge in [-0.25, -0.2) is 4.79 Å². The van der Waals surface area contributed by atoms with Crippen LogP contribution in [-0.4, -0.2) is 23.0 Å². The zero-order valence-electron chi connectivity index (χ0n) is 11.8. The molecule has 0 fully saturated rings.